The molecule has 5 heteroatoms. The number of nitro groups is 1. The Hall–Kier alpha value is -2.40. The summed E-state index contributed by atoms with van der Waals surface area (Å²) in [6.45, 7) is 4.14. The molecule has 2 N–H and O–H groups in total. The van der Waals surface area contributed by atoms with E-state index in [0.717, 1.165) is 22.4 Å². The molecule has 0 aromatic heterocycles. The second-order valence-corrected chi connectivity index (χ2v) is 5.05. The first kappa shape index (κ1) is 15.0. The van der Waals surface area contributed by atoms with Crippen LogP contribution >= 0.6 is 0 Å². The molecule has 0 radical (unpaired) electrons. The number of nitro benzene ring substituents is 1. The van der Waals surface area contributed by atoms with Crippen molar-refractivity contribution in [2.75, 3.05) is 0 Å². The van der Waals surface area contributed by atoms with Gasteiger partial charge in [-0.1, -0.05) is 24.3 Å². The van der Waals surface area contributed by atoms with Crippen molar-refractivity contribution in [3.05, 3.63) is 69.3 Å². The number of hydrogen-bond acceptors (Lipinski definition) is 4. The molecule has 2 aromatic rings. The molecule has 0 fully saturated rings. The highest BCUT2D eigenvalue weighted by Gasteiger charge is 2.10. The lowest BCUT2D eigenvalue weighted by Crippen LogP contribution is -2.08. The van der Waals surface area contributed by atoms with Gasteiger partial charge in [0.15, 0.2) is 0 Å². The Morgan fingerprint density at radius 2 is 2.05 bits per heavy atom. The van der Waals surface area contributed by atoms with Crippen LogP contribution in [-0.4, -0.2) is 4.92 Å². The summed E-state index contributed by atoms with van der Waals surface area (Å²) in [6, 6.07) is 12.2. The van der Waals surface area contributed by atoms with Crippen LogP contribution in [0.3, 0.4) is 0 Å². The molecule has 0 amide bonds. The molecule has 0 unspecified atom stereocenters. The van der Waals surface area contributed by atoms with Crippen molar-refractivity contribution in [1.82, 2.24) is 0 Å². The molecule has 0 saturated carbocycles. The molecular weight excluding hydrogens is 268 g/mol. The quantitative estimate of drug-likeness (QED) is 0.674. The fourth-order valence-electron chi connectivity index (χ4n) is 2.06. The monoisotopic (exact) mass is 286 g/mol. The normalized spacial score (nSPS) is 12.0. The molecule has 2 aromatic carbocycles. The molecule has 0 spiro atoms. The highest BCUT2D eigenvalue weighted by Crippen LogP contribution is 2.26. The van der Waals surface area contributed by atoms with E-state index in [2.05, 4.69) is 0 Å². The summed E-state index contributed by atoms with van der Waals surface area (Å²) in [6.07, 6.45) is 0. The van der Waals surface area contributed by atoms with Crippen LogP contribution in [0.25, 0.3) is 0 Å². The highest BCUT2D eigenvalue weighted by atomic mass is 16.6. The largest absolute Gasteiger partial charge is 0.489 e. The van der Waals surface area contributed by atoms with Gasteiger partial charge in [-0.2, -0.15) is 0 Å². The van der Waals surface area contributed by atoms with Crippen molar-refractivity contribution in [3.63, 3.8) is 0 Å². The lowest BCUT2D eigenvalue weighted by Gasteiger charge is -2.15. The van der Waals surface area contributed by atoms with E-state index >= 15 is 0 Å². The molecule has 0 bridgehead atoms. The third-order valence-electron chi connectivity index (χ3n) is 3.18. The Morgan fingerprint density at radius 3 is 2.71 bits per heavy atom. The Bertz CT molecular complexity index is 654. The average molecular weight is 286 g/mol. The Balaban J connectivity index is 2.18. The van der Waals surface area contributed by atoms with E-state index in [4.69, 9.17) is 10.5 Å². The number of aryl methyl sites for hydroxylation is 1. The van der Waals surface area contributed by atoms with E-state index in [1.54, 1.807) is 12.1 Å². The molecule has 5 nitrogen and oxygen atoms in total. The maximum atomic E-state index is 10.8. The predicted octanol–water partition coefficient (Wildman–Crippen LogP) is 3.50. The summed E-state index contributed by atoms with van der Waals surface area (Å²) in [7, 11) is 0. The average Bonchev–Trinajstić information content (AvgIpc) is 2.45. The Kier molecular flexibility index (Phi) is 4.55. The van der Waals surface area contributed by atoms with Crippen molar-refractivity contribution in [2.45, 2.75) is 26.5 Å². The van der Waals surface area contributed by atoms with E-state index in [1.807, 2.05) is 32.0 Å². The lowest BCUT2D eigenvalue weighted by molar-refractivity contribution is -0.384. The van der Waals surface area contributed by atoms with Crippen LogP contribution in [0.4, 0.5) is 5.69 Å². The zero-order valence-electron chi connectivity index (χ0n) is 12.1. The molecule has 0 aliphatic heterocycles. The molecule has 110 valence electrons. The minimum atomic E-state index is -0.413. The second-order valence-electron chi connectivity index (χ2n) is 5.05. The van der Waals surface area contributed by atoms with Crippen molar-refractivity contribution in [3.8, 4) is 5.75 Å². The van der Waals surface area contributed by atoms with Crippen LogP contribution in [0.15, 0.2) is 42.5 Å². The van der Waals surface area contributed by atoms with Gasteiger partial charge >= 0.3 is 0 Å². The maximum Gasteiger partial charge on any atom is 0.269 e. The van der Waals surface area contributed by atoms with Crippen molar-refractivity contribution in [1.29, 1.82) is 0 Å². The van der Waals surface area contributed by atoms with Gasteiger partial charge in [-0.05, 0) is 31.0 Å². The predicted molar refractivity (Wildman–Crippen MR) is 81.2 cm³/mol. The molecule has 0 heterocycles. The van der Waals surface area contributed by atoms with Gasteiger partial charge in [-0.3, -0.25) is 10.1 Å². The molecule has 0 aliphatic rings. The van der Waals surface area contributed by atoms with E-state index in [0.29, 0.717) is 0 Å². The van der Waals surface area contributed by atoms with Crippen molar-refractivity contribution in [2.24, 2.45) is 5.73 Å². The molecule has 0 saturated heterocycles. The third kappa shape index (κ3) is 3.79. The molecule has 1 atom stereocenters. The van der Waals surface area contributed by atoms with Crippen molar-refractivity contribution < 1.29 is 9.66 Å². The summed E-state index contributed by atoms with van der Waals surface area (Å²) in [4.78, 5) is 10.4. The van der Waals surface area contributed by atoms with Gasteiger partial charge in [0, 0.05) is 23.7 Å². The van der Waals surface area contributed by atoms with E-state index in [1.165, 1.54) is 12.1 Å². The van der Waals surface area contributed by atoms with Crippen LogP contribution in [0, 0.1) is 17.0 Å². The standard InChI is InChI=1S/C16H18N2O3/c1-11-6-7-15(12(2)17)16(8-11)21-10-13-4-3-5-14(9-13)18(19)20/h3-9,12H,10,17H2,1-2H3/t12-/m0/s1. The highest BCUT2D eigenvalue weighted by molar-refractivity contribution is 5.39. The molecular formula is C16H18N2O3. The SMILES string of the molecule is Cc1ccc([C@H](C)N)c(OCc2cccc([N+](=O)[O-])c2)c1. The first-order valence-corrected chi connectivity index (χ1v) is 6.69. The summed E-state index contributed by atoms with van der Waals surface area (Å²) < 4.78 is 5.80. The number of benzene rings is 2. The number of nitrogens with two attached hydrogens (primary N) is 1. The Morgan fingerprint density at radius 1 is 1.29 bits per heavy atom. The first-order chi connectivity index (χ1) is 9.97. The van der Waals surface area contributed by atoms with Crippen LogP contribution in [0.5, 0.6) is 5.75 Å². The van der Waals surface area contributed by atoms with E-state index in [9.17, 15) is 10.1 Å². The van der Waals surface area contributed by atoms with Crippen LogP contribution in [-0.2, 0) is 6.61 Å². The number of non-ortho nitro benzene ring substituents is 1. The Labute approximate surface area is 123 Å². The maximum absolute atomic E-state index is 10.8. The zero-order valence-corrected chi connectivity index (χ0v) is 12.1. The summed E-state index contributed by atoms with van der Waals surface area (Å²) in [5, 5.41) is 10.8. The van der Waals surface area contributed by atoms with Gasteiger partial charge < -0.3 is 10.5 Å². The summed E-state index contributed by atoms with van der Waals surface area (Å²) in [5.74, 6) is 0.719. The minimum absolute atomic E-state index is 0.0627. The van der Waals surface area contributed by atoms with Crippen LogP contribution in [0.2, 0.25) is 0 Å². The van der Waals surface area contributed by atoms with E-state index < -0.39 is 4.92 Å². The fourth-order valence-corrected chi connectivity index (χ4v) is 2.06. The summed E-state index contributed by atoms with van der Waals surface area (Å²) in [5.41, 5.74) is 8.74. The van der Waals surface area contributed by atoms with Gasteiger partial charge in [-0.25, -0.2) is 0 Å². The second kappa shape index (κ2) is 6.37. The van der Waals surface area contributed by atoms with Gasteiger partial charge in [0.2, 0.25) is 0 Å². The number of hydrogen-bond donors (Lipinski definition) is 1. The fraction of sp³-hybridized carbons (Fsp3) is 0.250. The van der Waals surface area contributed by atoms with E-state index in [-0.39, 0.29) is 18.3 Å². The number of nitrogens with zero attached hydrogens (tertiary/aromatic N) is 1. The minimum Gasteiger partial charge on any atom is -0.489 e. The van der Waals surface area contributed by atoms with Crippen LogP contribution < -0.4 is 10.5 Å². The third-order valence-corrected chi connectivity index (χ3v) is 3.18. The number of ether oxygens (including phenoxy) is 1. The van der Waals surface area contributed by atoms with Crippen LogP contribution in [0.1, 0.15) is 29.7 Å². The van der Waals surface area contributed by atoms with Gasteiger partial charge in [0.25, 0.3) is 5.69 Å². The number of rotatable bonds is 5. The smallest absolute Gasteiger partial charge is 0.269 e. The topological polar surface area (TPSA) is 78.4 Å². The molecule has 21 heavy (non-hydrogen) atoms. The first-order valence-electron chi connectivity index (χ1n) is 6.69. The molecule has 0 aliphatic carbocycles. The zero-order chi connectivity index (χ0) is 15.4. The lowest BCUT2D eigenvalue weighted by atomic mass is 10.1. The summed E-state index contributed by atoms with van der Waals surface area (Å²) >= 11 is 0. The van der Waals surface area contributed by atoms with Crippen molar-refractivity contribution >= 4 is 5.69 Å². The molecule has 2 rings (SSSR count). The van der Waals surface area contributed by atoms with Gasteiger partial charge in [0.05, 0.1) is 4.92 Å². The van der Waals surface area contributed by atoms with Gasteiger partial charge in [0.1, 0.15) is 12.4 Å². The van der Waals surface area contributed by atoms with Gasteiger partial charge in [-0.15, -0.1) is 0 Å².